The van der Waals surface area contributed by atoms with Crippen LogP contribution in [0.2, 0.25) is 0 Å². The molecule has 1 unspecified atom stereocenters. The normalized spacial score (nSPS) is 35.5. The van der Waals surface area contributed by atoms with E-state index in [9.17, 15) is 0 Å². The van der Waals surface area contributed by atoms with E-state index in [0.29, 0.717) is 0 Å². The molecular formula is C12H25N. The Hall–Kier alpha value is -0.0400. The topological polar surface area (TPSA) is 26.0 Å². The lowest BCUT2D eigenvalue weighted by molar-refractivity contribution is 0.0500. The second-order valence-corrected chi connectivity index (χ2v) is 4.65. The van der Waals surface area contributed by atoms with Crippen molar-refractivity contribution in [2.75, 3.05) is 0 Å². The predicted octanol–water partition coefficient (Wildman–Crippen LogP) is 3.33. The molecule has 1 rings (SSSR count). The molecule has 0 aliphatic heterocycles. The highest BCUT2D eigenvalue weighted by Gasteiger charge is 2.46. The minimum Gasteiger partial charge on any atom is -0.325 e. The summed E-state index contributed by atoms with van der Waals surface area (Å²) in [6, 6.07) is 0. The highest BCUT2D eigenvalue weighted by atomic mass is 14.8. The molecule has 1 fully saturated rings. The van der Waals surface area contributed by atoms with Crippen molar-refractivity contribution in [2.24, 2.45) is 17.6 Å². The van der Waals surface area contributed by atoms with Crippen molar-refractivity contribution in [1.82, 2.24) is 0 Å². The third kappa shape index (κ3) is 1.90. The van der Waals surface area contributed by atoms with Crippen molar-refractivity contribution in [2.45, 2.75) is 64.8 Å². The molecule has 0 aromatic heterocycles. The first-order chi connectivity index (χ1) is 6.19. The number of hydrogen-bond donors (Lipinski definition) is 1. The zero-order valence-electron chi connectivity index (χ0n) is 9.47. The second kappa shape index (κ2) is 4.45. The van der Waals surface area contributed by atoms with Gasteiger partial charge in [-0.05, 0) is 31.1 Å². The monoisotopic (exact) mass is 183 g/mol. The van der Waals surface area contributed by atoms with Crippen LogP contribution >= 0.6 is 0 Å². The molecule has 0 radical (unpaired) electrons. The lowest BCUT2D eigenvalue weighted by Gasteiger charge is -2.52. The van der Waals surface area contributed by atoms with Crippen LogP contribution in [0.1, 0.15) is 59.3 Å². The molecule has 0 bridgehead atoms. The van der Waals surface area contributed by atoms with Crippen LogP contribution in [0, 0.1) is 11.8 Å². The van der Waals surface area contributed by atoms with Crippen molar-refractivity contribution in [3.63, 3.8) is 0 Å². The van der Waals surface area contributed by atoms with Crippen LogP contribution in [0.15, 0.2) is 0 Å². The molecule has 1 heteroatoms. The molecule has 0 saturated heterocycles. The van der Waals surface area contributed by atoms with Crippen molar-refractivity contribution in [1.29, 1.82) is 0 Å². The summed E-state index contributed by atoms with van der Waals surface area (Å²) >= 11 is 0. The van der Waals surface area contributed by atoms with E-state index < -0.39 is 0 Å². The average molecular weight is 183 g/mol. The maximum atomic E-state index is 6.50. The first-order valence-corrected chi connectivity index (χ1v) is 5.97. The van der Waals surface area contributed by atoms with Crippen molar-refractivity contribution in [3.8, 4) is 0 Å². The van der Waals surface area contributed by atoms with E-state index in [2.05, 4.69) is 20.8 Å². The van der Waals surface area contributed by atoms with Gasteiger partial charge in [0, 0.05) is 5.54 Å². The summed E-state index contributed by atoms with van der Waals surface area (Å²) in [4.78, 5) is 0. The van der Waals surface area contributed by atoms with Gasteiger partial charge in [-0.25, -0.2) is 0 Å². The molecule has 0 spiro atoms. The summed E-state index contributed by atoms with van der Waals surface area (Å²) in [7, 11) is 0. The van der Waals surface area contributed by atoms with E-state index >= 15 is 0 Å². The molecule has 0 heterocycles. The fourth-order valence-electron chi connectivity index (χ4n) is 3.00. The Morgan fingerprint density at radius 2 is 2.08 bits per heavy atom. The standard InChI is InChI=1S/C12H25N/c1-4-7-10(5-2)12(13)9-8-11(12)6-3/h10-11H,4-9,13H2,1-3H3/t10-,11+,12?/m0/s1. The van der Waals surface area contributed by atoms with Gasteiger partial charge in [-0.1, -0.05) is 40.0 Å². The Morgan fingerprint density at radius 3 is 2.38 bits per heavy atom. The minimum atomic E-state index is 0.208. The molecule has 1 nitrogen and oxygen atoms in total. The maximum Gasteiger partial charge on any atom is 0.0211 e. The van der Waals surface area contributed by atoms with Crippen LogP contribution in [-0.4, -0.2) is 5.54 Å². The van der Waals surface area contributed by atoms with Crippen LogP contribution in [-0.2, 0) is 0 Å². The molecule has 1 aliphatic carbocycles. The Bertz CT molecular complexity index is 153. The lowest BCUT2D eigenvalue weighted by Crippen LogP contribution is -2.59. The first-order valence-electron chi connectivity index (χ1n) is 5.97. The van der Waals surface area contributed by atoms with Crippen molar-refractivity contribution in [3.05, 3.63) is 0 Å². The molecule has 0 amide bonds. The van der Waals surface area contributed by atoms with Crippen LogP contribution in [0.25, 0.3) is 0 Å². The van der Waals surface area contributed by atoms with E-state index in [-0.39, 0.29) is 5.54 Å². The zero-order chi connectivity index (χ0) is 9.90. The van der Waals surface area contributed by atoms with E-state index in [1.54, 1.807) is 0 Å². The average Bonchev–Trinajstić information content (AvgIpc) is 2.12. The largest absolute Gasteiger partial charge is 0.325 e. The Kier molecular flexibility index (Phi) is 3.78. The molecule has 13 heavy (non-hydrogen) atoms. The Morgan fingerprint density at radius 1 is 1.38 bits per heavy atom. The Labute approximate surface area is 83.1 Å². The van der Waals surface area contributed by atoms with E-state index in [0.717, 1.165) is 11.8 Å². The molecule has 1 aliphatic rings. The molecule has 78 valence electrons. The fourth-order valence-corrected chi connectivity index (χ4v) is 3.00. The number of rotatable bonds is 5. The van der Waals surface area contributed by atoms with Crippen molar-refractivity contribution >= 4 is 0 Å². The summed E-state index contributed by atoms with van der Waals surface area (Å²) in [5.74, 6) is 1.58. The van der Waals surface area contributed by atoms with Gasteiger partial charge < -0.3 is 5.73 Å². The van der Waals surface area contributed by atoms with Gasteiger partial charge in [-0.15, -0.1) is 0 Å². The highest BCUT2D eigenvalue weighted by Crippen LogP contribution is 2.46. The van der Waals surface area contributed by atoms with E-state index in [1.807, 2.05) is 0 Å². The summed E-state index contributed by atoms with van der Waals surface area (Å²) < 4.78 is 0. The molecule has 1 saturated carbocycles. The van der Waals surface area contributed by atoms with Gasteiger partial charge in [0.1, 0.15) is 0 Å². The Balaban J connectivity index is 2.55. The van der Waals surface area contributed by atoms with E-state index in [1.165, 1.54) is 38.5 Å². The van der Waals surface area contributed by atoms with Gasteiger partial charge in [0.05, 0.1) is 0 Å². The number of hydrogen-bond acceptors (Lipinski definition) is 1. The summed E-state index contributed by atoms with van der Waals surface area (Å²) in [5, 5.41) is 0. The maximum absolute atomic E-state index is 6.50. The van der Waals surface area contributed by atoms with Crippen LogP contribution in [0.5, 0.6) is 0 Å². The van der Waals surface area contributed by atoms with Gasteiger partial charge in [0.25, 0.3) is 0 Å². The minimum absolute atomic E-state index is 0.208. The molecule has 3 atom stereocenters. The van der Waals surface area contributed by atoms with E-state index in [4.69, 9.17) is 5.73 Å². The molecule has 2 N–H and O–H groups in total. The zero-order valence-corrected chi connectivity index (χ0v) is 9.47. The van der Waals surface area contributed by atoms with Crippen molar-refractivity contribution < 1.29 is 0 Å². The van der Waals surface area contributed by atoms with Gasteiger partial charge in [0.15, 0.2) is 0 Å². The molecular weight excluding hydrogens is 158 g/mol. The van der Waals surface area contributed by atoms with Gasteiger partial charge in [0.2, 0.25) is 0 Å². The summed E-state index contributed by atoms with van der Waals surface area (Å²) in [5.41, 5.74) is 6.71. The summed E-state index contributed by atoms with van der Waals surface area (Å²) in [6.07, 6.45) is 7.78. The van der Waals surface area contributed by atoms with Crippen LogP contribution in [0.4, 0.5) is 0 Å². The highest BCUT2D eigenvalue weighted by molar-refractivity contribution is 5.03. The predicted molar refractivity (Wildman–Crippen MR) is 58.6 cm³/mol. The smallest absolute Gasteiger partial charge is 0.0211 e. The quantitative estimate of drug-likeness (QED) is 0.695. The second-order valence-electron chi connectivity index (χ2n) is 4.65. The number of nitrogens with two attached hydrogens (primary N) is 1. The third-order valence-electron chi connectivity index (χ3n) is 4.07. The van der Waals surface area contributed by atoms with Gasteiger partial charge in [-0.2, -0.15) is 0 Å². The molecule has 0 aromatic carbocycles. The fraction of sp³-hybridized carbons (Fsp3) is 1.00. The lowest BCUT2D eigenvalue weighted by atomic mass is 9.58. The van der Waals surface area contributed by atoms with Crippen LogP contribution < -0.4 is 5.73 Å². The molecule has 0 aromatic rings. The van der Waals surface area contributed by atoms with Gasteiger partial charge in [-0.3, -0.25) is 0 Å². The SMILES string of the molecule is CCC[C@H](CC)C1(N)CC[C@H]1CC. The van der Waals surface area contributed by atoms with Gasteiger partial charge >= 0.3 is 0 Å². The van der Waals surface area contributed by atoms with Crippen LogP contribution in [0.3, 0.4) is 0 Å². The third-order valence-corrected chi connectivity index (χ3v) is 4.07. The first kappa shape index (κ1) is 11.0. The summed E-state index contributed by atoms with van der Waals surface area (Å²) in [6.45, 7) is 6.84.